The highest BCUT2D eigenvalue weighted by Gasteiger charge is 2.32. The van der Waals surface area contributed by atoms with E-state index in [2.05, 4.69) is 28.9 Å². The fourth-order valence-corrected chi connectivity index (χ4v) is 4.76. The molecule has 2 heterocycles. The minimum Gasteiger partial charge on any atom is -0.317 e. The van der Waals surface area contributed by atoms with Crippen LogP contribution < -0.4 is 10.0 Å². The van der Waals surface area contributed by atoms with Gasteiger partial charge in [0.25, 0.3) is 0 Å². The van der Waals surface area contributed by atoms with E-state index in [0.29, 0.717) is 5.92 Å². The molecule has 0 radical (unpaired) electrons. The molecule has 0 saturated carbocycles. The summed E-state index contributed by atoms with van der Waals surface area (Å²) < 4.78 is 27.6. The van der Waals surface area contributed by atoms with Gasteiger partial charge >= 0.3 is 0 Å². The summed E-state index contributed by atoms with van der Waals surface area (Å²) in [5, 5.41) is 3.00. The van der Waals surface area contributed by atoms with Gasteiger partial charge in [0.1, 0.15) is 0 Å². The van der Waals surface area contributed by atoms with E-state index in [4.69, 9.17) is 0 Å². The smallest absolute Gasteiger partial charge is 0.214 e. The van der Waals surface area contributed by atoms with Gasteiger partial charge in [-0.2, -0.15) is 0 Å². The average Bonchev–Trinajstić information content (AvgIpc) is 2.34. The summed E-state index contributed by atoms with van der Waals surface area (Å²) in [5.74, 6) is 0.389. The molecule has 2 aliphatic heterocycles. The molecule has 2 unspecified atom stereocenters. The zero-order chi connectivity index (χ0) is 13.2. The van der Waals surface area contributed by atoms with Crippen LogP contribution in [0.4, 0.5) is 0 Å². The molecular weight excluding hydrogens is 250 g/mol. The Labute approximate surface area is 110 Å². The Balaban J connectivity index is 1.94. The van der Waals surface area contributed by atoms with Gasteiger partial charge < -0.3 is 10.2 Å². The quantitative estimate of drug-likeness (QED) is 0.761. The Hall–Kier alpha value is -0.170. The lowest BCUT2D eigenvalue weighted by Crippen LogP contribution is -2.52. The maximum Gasteiger partial charge on any atom is 0.214 e. The lowest BCUT2D eigenvalue weighted by molar-refractivity contribution is 0.188. The first-order valence-corrected chi connectivity index (χ1v) is 8.44. The van der Waals surface area contributed by atoms with Crippen LogP contribution in [0.1, 0.15) is 26.2 Å². The predicted octanol–water partition coefficient (Wildman–Crippen LogP) is -0.00200. The second kappa shape index (κ2) is 5.86. The molecule has 0 aromatic carbocycles. The van der Waals surface area contributed by atoms with Crippen LogP contribution in [0.25, 0.3) is 0 Å². The average molecular weight is 275 g/mol. The van der Waals surface area contributed by atoms with Gasteiger partial charge in [0.05, 0.1) is 5.25 Å². The minimum atomic E-state index is -3.14. The van der Waals surface area contributed by atoms with Crippen molar-refractivity contribution < 1.29 is 8.42 Å². The van der Waals surface area contributed by atoms with Crippen molar-refractivity contribution in [1.29, 1.82) is 0 Å². The largest absolute Gasteiger partial charge is 0.317 e. The van der Waals surface area contributed by atoms with Crippen LogP contribution in [-0.2, 0) is 10.0 Å². The van der Waals surface area contributed by atoms with Crippen molar-refractivity contribution in [3.63, 3.8) is 0 Å². The number of nitrogens with zero attached hydrogens (tertiary/aromatic N) is 1. The highest BCUT2D eigenvalue weighted by Crippen LogP contribution is 2.19. The molecule has 0 spiro atoms. The second-order valence-corrected chi connectivity index (χ2v) is 7.74. The van der Waals surface area contributed by atoms with Crippen LogP contribution >= 0.6 is 0 Å². The first-order valence-electron chi connectivity index (χ1n) is 6.89. The number of nitrogens with one attached hydrogen (secondary N) is 2. The first kappa shape index (κ1) is 14.2. The molecule has 2 rings (SSSR count). The van der Waals surface area contributed by atoms with E-state index >= 15 is 0 Å². The van der Waals surface area contributed by atoms with Gasteiger partial charge in [-0.25, -0.2) is 13.1 Å². The molecule has 2 N–H and O–H groups in total. The Kier molecular flexibility index (Phi) is 4.64. The van der Waals surface area contributed by atoms with Gasteiger partial charge in [-0.05, 0) is 51.9 Å². The molecule has 0 aliphatic carbocycles. The number of hydrogen-bond acceptors (Lipinski definition) is 4. The minimum absolute atomic E-state index is 0.112. The molecule has 0 aromatic heterocycles. The number of hydrogen-bond donors (Lipinski definition) is 2. The van der Waals surface area contributed by atoms with Gasteiger partial charge in [0.15, 0.2) is 0 Å². The van der Waals surface area contributed by atoms with Gasteiger partial charge in [0, 0.05) is 12.6 Å². The van der Waals surface area contributed by atoms with E-state index in [0.717, 1.165) is 45.4 Å². The normalized spacial score (nSPS) is 32.6. The predicted molar refractivity (Wildman–Crippen MR) is 73.0 cm³/mol. The van der Waals surface area contributed by atoms with Gasteiger partial charge in [-0.3, -0.25) is 0 Å². The molecule has 0 amide bonds. The number of piperidine rings is 2. The molecule has 0 bridgehead atoms. The lowest BCUT2D eigenvalue weighted by atomic mass is 9.95. The summed E-state index contributed by atoms with van der Waals surface area (Å²) in [7, 11) is -1.05. The Bertz CT molecular complexity index is 366. The van der Waals surface area contributed by atoms with E-state index < -0.39 is 10.0 Å². The molecular formula is C12H25N3O2S. The molecule has 6 heteroatoms. The standard InChI is InChI=1S/C12H25N3O2S/c1-10-9-15(2)8-5-12(10)14-18(16,17)11-3-6-13-7-4-11/h10-14H,3-9H2,1-2H3. The summed E-state index contributed by atoms with van der Waals surface area (Å²) in [5.41, 5.74) is 0. The van der Waals surface area contributed by atoms with Gasteiger partial charge in [0.2, 0.25) is 10.0 Å². The zero-order valence-electron chi connectivity index (χ0n) is 11.4. The van der Waals surface area contributed by atoms with Crippen molar-refractivity contribution in [3.8, 4) is 0 Å². The first-order chi connectivity index (χ1) is 8.49. The van der Waals surface area contributed by atoms with Crippen LogP contribution in [0.3, 0.4) is 0 Å². The Morgan fingerprint density at radius 2 is 1.89 bits per heavy atom. The van der Waals surface area contributed by atoms with Crippen LogP contribution in [0, 0.1) is 5.92 Å². The van der Waals surface area contributed by atoms with E-state index in [9.17, 15) is 8.42 Å². The van der Waals surface area contributed by atoms with Crippen LogP contribution in [0.15, 0.2) is 0 Å². The Morgan fingerprint density at radius 1 is 1.22 bits per heavy atom. The van der Waals surface area contributed by atoms with E-state index in [1.165, 1.54) is 0 Å². The number of likely N-dealkylation sites (tertiary alicyclic amines) is 1. The topological polar surface area (TPSA) is 61.4 Å². The maximum absolute atomic E-state index is 12.3. The van der Waals surface area contributed by atoms with Crippen molar-refractivity contribution in [2.75, 3.05) is 33.2 Å². The highest BCUT2D eigenvalue weighted by molar-refractivity contribution is 7.90. The maximum atomic E-state index is 12.3. The molecule has 2 fully saturated rings. The fourth-order valence-electron chi connectivity index (χ4n) is 2.94. The SMILES string of the molecule is CC1CN(C)CCC1NS(=O)(=O)C1CCNCC1. The van der Waals surface area contributed by atoms with Gasteiger partial charge in [-0.15, -0.1) is 0 Å². The van der Waals surface area contributed by atoms with Crippen molar-refractivity contribution in [2.24, 2.45) is 5.92 Å². The molecule has 2 aliphatic rings. The third kappa shape index (κ3) is 3.44. The van der Waals surface area contributed by atoms with Crippen molar-refractivity contribution in [3.05, 3.63) is 0 Å². The van der Waals surface area contributed by atoms with Crippen molar-refractivity contribution >= 4 is 10.0 Å². The van der Waals surface area contributed by atoms with Crippen LogP contribution in [0.2, 0.25) is 0 Å². The summed E-state index contributed by atoms with van der Waals surface area (Å²) in [4.78, 5) is 2.26. The molecule has 0 aromatic rings. The zero-order valence-corrected chi connectivity index (χ0v) is 12.2. The monoisotopic (exact) mass is 275 g/mol. The fraction of sp³-hybridized carbons (Fsp3) is 1.00. The van der Waals surface area contributed by atoms with Crippen LogP contribution in [0.5, 0.6) is 0 Å². The van der Waals surface area contributed by atoms with E-state index in [1.54, 1.807) is 0 Å². The lowest BCUT2D eigenvalue weighted by Gasteiger charge is -2.36. The second-order valence-electron chi connectivity index (χ2n) is 5.75. The van der Waals surface area contributed by atoms with Gasteiger partial charge in [-0.1, -0.05) is 6.92 Å². The molecule has 2 saturated heterocycles. The summed E-state index contributed by atoms with van der Waals surface area (Å²) in [6, 6.07) is 0.112. The summed E-state index contributed by atoms with van der Waals surface area (Å²) in [6.07, 6.45) is 2.38. The van der Waals surface area contributed by atoms with Crippen LogP contribution in [-0.4, -0.2) is 57.8 Å². The van der Waals surface area contributed by atoms with Crippen molar-refractivity contribution in [1.82, 2.24) is 14.9 Å². The number of rotatable bonds is 3. The summed E-state index contributed by atoms with van der Waals surface area (Å²) >= 11 is 0. The number of sulfonamides is 1. The Morgan fingerprint density at radius 3 is 2.50 bits per heavy atom. The molecule has 5 nitrogen and oxygen atoms in total. The molecule has 106 valence electrons. The summed E-state index contributed by atoms with van der Waals surface area (Å²) in [6.45, 7) is 5.71. The highest BCUT2D eigenvalue weighted by atomic mass is 32.2. The third-order valence-electron chi connectivity index (χ3n) is 4.15. The molecule has 18 heavy (non-hydrogen) atoms. The van der Waals surface area contributed by atoms with Crippen molar-refractivity contribution in [2.45, 2.75) is 37.5 Å². The molecule has 2 atom stereocenters. The van der Waals surface area contributed by atoms with E-state index in [-0.39, 0.29) is 11.3 Å². The third-order valence-corrected chi connectivity index (χ3v) is 6.13. The van der Waals surface area contributed by atoms with E-state index in [1.807, 2.05) is 0 Å².